The highest BCUT2D eigenvalue weighted by molar-refractivity contribution is 6.35. The standard InChI is InChI=1S/C17H24N2O2/c1-2-13-8-10-15(11-9-13)19-17(21)16(20)18-12-14-6-4-3-5-7-14/h3-7,13,15H,2,8-12H2,1H3,(H,18,20)(H,19,21). The minimum atomic E-state index is -0.545. The van der Waals surface area contributed by atoms with E-state index in [9.17, 15) is 9.59 Å². The van der Waals surface area contributed by atoms with Gasteiger partial charge in [0.2, 0.25) is 0 Å². The summed E-state index contributed by atoms with van der Waals surface area (Å²) >= 11 is 0. The van der Waals surface area contributed by atoms with Crippen LogP contribution in [-0.4, -0.2) is 17.9 Å². The molecule has 0 saturated heterocycles. The summed E-state index contributed by atoms with van der Waals surface area (Å²) in [7, 11) is 0. The second-order valence-electron chi connectivity index (χ2n) is 5.77. The number of hydrogen-bond acceptors (Lipinski definition) is 2. The predicted molar refractivity (Wildman–Crippen MR) is 82.5 cm³/mol. The summed E-state index contributed by atoms with van der Waals surface area (Å²) < 4.78 is 0. The summed E-state index contributed by atoms with van der Waals surface area (Å²) in [5.41, 5.74) is 0.988. The topological polar surface area (TPSA) is 58.2 Å². The Morgan fingerprint density at radius 2 is 1.71 bits per heavy atom. The van der Waals surface area contributed by atoms with Gasteiger partial charge in [0.25, 0.3) is 0 Å². The number of rotatable bonds is 4. The van der Waals surface area contributed by atoms with E-state index in [0.29, 0.717) is 6.54 Å². The summed E-state index contributed by atoms with van der Waals surface area (Å²) in [6.45, 7) is 2.59. The summed E-state index contributed by atoms with van der Waals surface area (Å²) in [4.78, 5) is 23.6. The maximum Gasteiger partial charge on any atom is 0.309 e. The Bertz CT molecular complexity index is 465. The molecule has 1 aliphatic carbocycles. The Balaban J connectivity index is 1.72. The van der Waals surface area contributed by atoms with Crippen molar-refractivity contribution in [3.05, 3.63) is 35.9 Å². The fourth-order valence-corrected chi connectivity index (χ4v) is 2.82. The van der Waals surface area contributed by atoms with E-state index in [1.807, 2.05) is 30.3 Å². The molecule has 0 bridgehead atoms. The van der Waals surface area contributed by atoms with Gasteiger partial charge >= 0.3 is 11.8 Å². The molecule has 4 nitrogen and oxygen atoms in total. The number of nitrogens with one attached hydrogen (secondary N) is 2. The summed E-state index contributed by atoms with van der Waals surface area (Å²) in [5.74, 6) is -0.271. The first-order valence-corrected chi connectivity index (χ1v) is 7.81. The van der Waals surface area contributed by atoms with E-state index in [1.54, 1.807) is 0 Å². The lowest BCUT2D eigenvalue weighted by atomic mass is 9.84. The molecule has 2 amide bonds. The number of hydrogen-bond donors (Lipinski definition) is 2. The highest BCUT2D eigenvalue weighted by Crippen LogP contribution is 2.26. The van der Waals surface area contributed by atoms with E-state index in [4.69, 9.17) is 0 Å². The lowest BCUT2D eigenvalue weighted by Gasteiger charge is -2.28. The van der Waals surface area contributed by atoms with E-state index in [2.05, 4.69) is 17.6 Å². The molecule has 0 spiro atoms. The molecule has 2 rings (SSSR count). The van der Waals surface area contributed by atoms with Crippen LogP contribution in [0.2, 0.25) is 0 Å². The zero-order chi connectivity index (χ0) is 15.1. The van der Waals surface area contributed by atoms with E-state index in [0.717, 1.165) is 37.2 Å². The van der Waals surface area contributed by atoms with Crippen molar-refractivity contribution in [2.45, 2.75) is 51.6 Å². The van der Waals surface area contributed by atoms with Crippen molar-refractivity contribution in [3.8, 4) is 0 Å². The van der Waals surface area contributed by atoms with Crippen LogP contribution >= 0.6 is 0 Å². The van der Waals surface area contributed by atoms with Crippen LogP contribution in [0.15, 0.2) is 30.3 Å². The number of benzene rings is 1. The van der Waals surface area contributed by atoms with Crippen molar-refractivity contribution >= 4 is 11.8 Å². The lowest BCUT2D eigenvalue weighted by molar-refractivity contribution is -0.139. The molecule has 2 N–H and O–H groups in total. The van der Waals surface area contributed by atoms with Gasteiger partial charge < -0.3 is 10.6 Å². The Morgan fingerprint density at radius 1 is 1.05 bits per heavy atom. The van der Waals surface area contributed by atoms with Gasteiger partial charge in [0.05, 0.1) is 0 Å². The van der Waals surface area contributed by atoms with E-state index >= 15 is 0 Å². The third kappa shape index (κ3) is 4.88. The molecule has 1 aromatic rings. The molecule has 0 atom stereocenters. The molecular weight excluding hydrogens is 264 g/mol. The average Bonchev–Trinajstić information content (AvgIpc) is 2.54. The number of carbonyl (C=O) groups is 2. The minimum absolute atomic E-state index is 0.155. The minimum Gasteiger partial charge on any atom is -0.345 e. The van der Waals surface area contributed by atoms with Crippen LogP contribution < -0.4 is 10.6 Å². The maximum absolute atomic E-state index is 11.9. The number of carbonyl (C=O) groups excluding carboxylic acids is 2. The Morgan fingerprint density at radius 3 is 2.33 bits per heavy atom. The van der Waals surface area contributed by atoms with Crippen LogP contribution in [0, 0.1) is 5.92 Å². The average molecular weight is 288 g/mol. The molecule has 1 fully saturated rings. The van der Waals surface area contributed by atoms with Crippen LogP contribution in [0.5, 0.6) is 0 Å². The summed E-state index contributed by atoms with van der Waals surface area (Å²) in [5, 5.41) is 5.51. The Hall–Kier alpha value is -1.84. The van der Waals surface area contributed by atoms with Crippen LogP contribution in [-0.2, 0) is 16.1 Å². The van der Waals surface area contributed by atoms with Crippen molar-refractivity contribution in [1.29, 1.82) is 0 Å². The molecule has 4 heteroatoms. The molecule has 21 heavy (non-hydrogen) atoms. The molecular formula is C17H24N2O2. The van der Waals surface area contributed by atoms with E-state index in [1.165, 1.54) is 6.42 Å². The van der Waals surface area contributed by atoms with Gasteiger partial charge in [0.15, 0.2) is 0 Å². The Kier molecular flexibility index (Phi) is 5.78. The van der Waals surface area contributed by atoms with Gasteiger partial charge in [-0.1, -0.05) is 43.7 Å². The number of amides is 2. The van der Waals surface area contributed by atoms with Gasteiger partial charge in [-0.2, -0.15) is 0 Å². The predicted octanol–water partition coefficient (Wildman–Crippen LogP) is 2.39. The smallest absolute Gasteiger partial charge is 0.309 e. The first-order valence-electron chi connectivity index (χ1n) is 7.81. The summed E-state index contributed by atoms with van der Waals surface area (Å²) in [6.07, 6.45) is 5.46. The molecule has 114 valence electrons. The van der Waals surface area contributed by atoms with Crippen molar-refractivity contribution in [2.75, 3.05) is 0 Å². The normalized spacial score (nSPS) is 21.6. The zero-order valence-electron chi connectivity index (χ0n) is 12.6. The van der Waals surface area contributed by atoms with Crippen LogP contribution in [0.25, 0.3) is 0 Å². The lowest BCUT2D eigenvalue weighted by Crippen LogP contribution is -2.45. The maximum atomic E-state index is 11.9. The summed E-state index contributed by atoms with van der Waals surface area (Å²) in [6, 6.07) is 9.74. The van der Waals surface area contributed by atoms with Crippen molar-refractivity contribution in [1.82, 2.24) is 10.6 Å². The molecule has 0 unspecified atom stereocenters. The van der Waals surface area contributed by atoms with E-state index in [-0.39, 0.29) is 6.04 Å². The molecule has 1 aliphatic rings. The highest BCUT2D eigenvalue weighted by atomic mass is 16.2. The van der Waals surface area contributed by atoms with Gasteiger partial charge in [-0.3, -0.25) is 9.59 Å². The highest BCUT2D eigenvalue weighted by Gasteiger charge is 2.23. The van der Waals surface area contributed by atoms with Crippen LogP contribution in [0.4, 0.5) is 0 Å². The first kappa shape index (κ1) is 15.5. The van der Waals surface area contributed by atoms with Gasteiger partial charge in [-0.05, 0) is 37.2 Å². The molecule has 0 radical (unpaired) electrons. The first-order chi connectivity index (χ1) is 10.2. The quantitative estimate of drug-likeness (QED) is 0.836. The van der Waals surface area contributed by atoms with Crippen LogP contribution in [0.1, 0.15) is 44.6 Å². The monoisotopic (exact) mass is 288 g/mol. The zero-order valence-corrected chi connectivity index (χ0v) is 12.6. The molecule has 1 saturated carbocycles. The molecule has 1 aromatic carbocycles. The Labute approximate surface area is 126 Å². The largest absolute Gasteiger partial charge is 0.345 e. The SMILES string of the molecule is CCC1CCC(NC(=O)C(=O)NCc2ccccc2)CC1. The fraction of sp³-hybridized carbons (Fsp3) is 0.529. The van der Waals surface area contributed by atoms with Crippen molar-refractivity contribution in [3.63, 3.8) is 0 Å². The van der Waals surface area contributed by atoms with E-state index < -0.39 is 11.8 Å². The second kappa shape index (κ2) is 7.81. The molecule has 0 heterocycles. The third-order valence-corrected chi connectivity index (χ3v) is 4.26. The fourth-order valence-electron chi connectivity index (χ4n) is 2.82. The third-order valence-electron chi connectivity index (χ3n) is 4.26. The van der Waals surface area contributed by atoms with Crippen LogP contribution in [0.3, 0.4) is 0 Å². The van der Waals surface area contributed by atoms with Crippen molar-refractivity contribution < 1.29 is 9.59 Å². The molecule has 0 aromatic heterocycles. The second-order valence-corrected chi connectivity index (χ2v) is 5.77. The van der Waals surface area contributed by atoms with Gasteiger partial charge in [-0.25, -0.2) is 0 Å². The molecule has 0 aliphatic heterocycles. The van der Waals surface area contributed by atoms with Gasteiger partial charge in [-0.15, -0.1) is 0 Å². The van der Waals surface area contributed by atoms with Gasteiger partial charge in [0.1, 0.15) is 0 Å². The van der Waals surface area contributed by atoms with Gasteiger partial charge in [0, 0.05) is 12.6 Å². The van der Waals surface area contributed by atoms with Crippen molar-refractivity contribution in [2.24, 2.45) is 5.92 Å².